The third kappa shape index (κ3) is 1.94. The van der Waals surface area contributed by atoms with Gasteiger partial charge in [0.05, 0.1) is 12.0 Å². The van der Waals surface area contributed by atoms with Crippen LogP contribution >= 0.6 is 0 Å². The zero-order valence-corrected chi connectivity index (χ0v) is 10.4. The molecule has 0 saturated heterocycles. The van der Waals surface area contributed by atoms with Gasteiger partial charge in [-0.25, -0.2) is 8.42 Å². The molecule has 0 N–H and O–H groups in total. The predicted molar refractivity (Wildman–Crippen MR) is 62.7 cm³/mol. The van der Waals surface area contributed by atoms with Crippen LogP contribution in [-0.4, -0.2) is 15.5 Å². The molecule has 0 amide bonds. The number of ether oxygens (including phenoxy) is 1. The number of benzene rings is 1. The first-order valence-corrected chi connectivity index (χ1v) is 6.63. The summed E-state index contributed by atoms with van der Waals surface area (Å²) >= 11 is 0. The highest BCUT2D eigenvalue weighted by Gasteiger charge is 2.30. The fourth-order valence-corrected chi connectivity index (χ4v) is 2.69. The molecule has 0 bridgehead atoms. The van der Waals surface area contributed by atoms with Crippen LogP contribution in [0.4, 0.5) is 0 Å². The fraction of sp³-hybridized carbons (Fsp3) is 0.500. The van der Waals surface area contributed by atoms with Crippen molar-refractivity contribution in [2.75, 3.05) is 7.11 Å². The van der Waals surface area contributed by atoms with E-state index in [1.54, 1.807) is 25.3 Å². The zero-order chi connectivity index (χ0) is 11.7. The Balaban J connectivity index is 2.43. The molecule has 0 radical (unpaired) electrons. The Morgan fingerprint density at radius 2 is 2.06 bits per heavy atom. The summed E-state index contributed by atoms with van der Waals surface area (Å²) in [4.78, 5) is 0.380. The minimum atomic E-state index is -2.50. The van der Waals surface area contributed by atoms with Gasteiger partial charge in [-0.15, -0.1) is 0 Å². The van der Waals surface area contributed by atoms with Gasteiger partial charge in [-0.2, -0.15) is 0 Å². The summed E-state index contributed by atoms with van der Waals surface area (Å²) in [6, 6.07) is 5.10. The summed E-state index contributed by atoms with van der Waals surface area (Å²) in [7, 11) is -0.881. The lowest BCUT2D eigenvalue weighted by Gasteiger charge is -2.35. The van der Waals surface area contributed by atoms with Gasteiger partial charge in [-0.1, -0.05) is 6.92 Å². The first kappa shape index (κ1) is 11.5. The van der Waals surface area contributed by atoms with Gasteiger partial charge in [0.2, 0.25) is 0 Å². The van der Waals surface area contributed by atoms with Gasteiger partial charge in [0.25, 0.3) is 0 Å². The molecule has 1 saturated carbocycles. The Morgan fingerprint density at radius 3 is 2.50 bits per heavy atom. The standard InChI is InChI=1S/C12H16O3S/c1-8-3-5-10(8)11-7-9(16(13)14)4-6-12(11)15-2/h4,6-8,10,16H,3,5H2,1-2H3. The van der Waals surface area contributed by atoms with Crippen molar-refractivity contribution >= 4 is 10.7 Å². The summed E-state index contributed by atoms with van der Waals surface area (Å²) < 4.78 is 27.2. The summed E-state index contributed by atoms with van der Waals surface area (Å²) in [6.45, 7) is 2.19. The van der Waals surface area contributed by atoms with Crippen molar-refractivity contribution in [3.05, 3.63) is 23.8 Å². The van der Waals surface area contributed by atoms with Crippen LogP contribution < -0.4 is 4.74 Å². The molecule has 88 valence electrons. The summed E-state index contributed by atoms with van der Waals surface area (Å²) in [5.74, 6) is 1.87. The molecule has 1 fully saturated rings. The van der Waals surface area contributed by atoms with Crippen molar-refractivity contribution in [1.29, 1.82) is 0 Å². The fourth-order valence-electron chi connectivity index (χ4n) is 2.25. The van der Waals surface area contributed by atoms with E-state index < -0.39 is 10.7 Å². The van der Waals surface area contributed by atoms with E-state index in [-0.39, 0.29) is 0 Å². The largest absolute Gasteiger partial charge is 0.496 e. The maximum absolute atomic E-state index is 11.0. The van der Waals surface area contributed by atoms with E-state index in [2.05, 4.69) is 6.92 Å². The van der Waals surface area contributed by atoms with E-state index in [0.717, 1.165) is 17.7 Å². The summed E-state index contributed by atoms with van der Waals surface area (Å²) in [6.07, 6.45) is 2.33. The number of thiol groups is 1. The highest BCUT2D eigenvalue weighted by atomic mass is 32.2. The molecule has 0 aromatic heterocycles. The molecular weight excluding hydrogens is 224 g/mol. The molecule has 1 aliphatic rings. The molecule has 1 aliphatic carbocycles. The quantitative estimate of drug-likeness (QED) is 0.823. The average molecular weight is 240 g/mol. The van der Waals surface area contributed by atoms with E-state index in [4.69, 9.17) is 4.74 Å². The molecule has 0 heterocycles. The third-order valence-corrected chi connectivity index (χ3v) is 4.14. The predicted octanol–water partition coefficient (Wildman–Crippen LogP) is 2.18. The minimum Gasteiger partial charge on any atom is -0.496 e. The highest BCUT2D eigenvalue weighted by Crippen LogP contribution is 2.45. The molecule has 2 unspecified atom stereocenters. The molecular formula is C12H16O3S. The lowest BCUT2D eigenvalue weighted by molar-refractivity contribution is 0.271. The molecule has 3 nitrogen and oxygen atoms in total. The Morgan fingerprint density at radius 1 is 1.31 bits per heavy atom. The number of methoxy groups -OCH3 is 1. The van der Waals surface area contributed by atoms with Crippen LogP contribution in [0.3, 0.4) is 0 Å². The van der Waals surface area contributed by atoms with Crippen LogP contribution in [0.2, 0.25) is 0 Å². The molecule has 0 spiro atoms. The smallest absolute Gasteiger partial charge is 0.168 e. The van der Waals surface area contributed by atoms with E-state index in [1.165, 1.54) is 6.42 Å². The Bertz CT molecular complexity index is 457. The van der Waals surface area contributed by atoms with Crippen LogP contribution in [0.1, 0.15) is 31.2 Å². The van der Waals surface area contributed by atoms with Crippen molar-refractivity contribution in [1.82, 2.24) is 0 Å². The molecule has 16 heavy (non-hydrogen) atoms. The molecule has 2 atom stereocenters. The van der Waals surface area contributed by atoms with Crippen molar-refractivity contribution in [3.8, 4) is 5.75 Å². The van der Waals surface area contributed by atoms with E-state index in [9.17, 15) is 8.42 Å². The van der Waals surface area contributed by atoms with Crippen LogP contribution in [-0.2, 0) is 10.7 Å². The van der Waals surface area contributed by atoms with Gasteiger partial charge >= 0.3 is 0 Å². The molecule has 4 heteroatoms. The second-order valence-corrected chi connectivity index (χ2v) is 5.38. The first-order valence-electron chi connectivity index (χ1n) is 5.46. The molecule has 1 aromatic carbocycles. The van der Waals surface area contributed by atoms with Gasteiger partial charge in [0.15, 0.2) is 10.7 Å². The minimum absolute atomic E-state index is 0.380. The molecule has 2 rings (SSSR count). The summed E-state index contributed by atoms with van der Waals surface area (Å²) in [5.41, 5.74) is 1.04. The third-order valence-electron chi connectivity index (χ3n) is 3.44. The second kappa shape index (κ2) is 4.45. The van der Waals surface area contributed by atoms with Gasteiger partial charge in [0, 0.05) is 0 Å². The highest BCUT2D eigenvalue weighted by molar-refractivity contribution is 7.72. The normalized spacial score (nSPS) is 24.2. The summed E-state index contributed by atoms with van der Waals surface area (Å²) in [5, 5.41) is 0. The van der Waals surface area contributed by atoms with E-state index in [0.29, 0.717) is 16.7 Å². The Labute approximate surface area is 97.4 Å². The average Bonchev–Trinajstić information content (AvgIpc) is 2.27. The lowest BCUT2D eigenvalue weighted by Crippen LogP contribution is -2.21. The van der Waals surface area contributed by atoms with Crippen molar-refractivity contribution < 1.29 is 13.2 Å². The van der Waals surface area contributed by atoms with Gasteiger partial charge < -0.3 is 4.74 Å². The first-order chi connectivity index (χ1) is 7.63. The van der Waals surface area contributed by atoms with Crippen LogP contribution in [0, 0.1) is 5.92 Å². The van der Waals surface area contributed by atoms with Gasteiger partial charge in [-0.3, -0.25) is 0 Å². The molecule has 1 aromatic rings. The molecule has 0 aliphatic heterocycles. The van der Waals surface area contributed by atoms with Crippen molar-refractivity contribution in [2.24, 2.45) is 5.92 Å². The van der Waals surface area contributed by atoms with Crippen LogP contribution in [0.5, 0.6) is 5.75 Å². The Kier molecular flexibility index (Phi) is 3.19. The number of rotatable bonds is 3. The Hall–Kier alpha value is -1.03. The number of hydrogen-bond acceptors (Lipinski definition) is 3. The van der Waals surface area contributed by atoms with Gasteiger partial charge in [0.1, 0.15) is 5.75 Å². The lowest BCUT2D eigenvalue weighted by atomic mass is 9.71. The monoisotopic (exact) mass is 240 g/mol. The maximum Gasteiger partial charge on any atom is 0.168 e. The zero-order valence-electron chi connectivity index (χ0n) is 9.47. The topological polar surface area (TPSA) is 43.4 Å². The van der Waals surface area contributed by atoms with E-state index >= 15 is 0 Å². The second-order valence-electron chi connectivity index (χ2n) is 4.34. The SMILES string of the molecule is COc1ccc([SH](=O)=O)cc1C1CCC1C. The maximum atomic E-state index is 11.0. The van der Waals surface area contributed by atoms with Gasteiger partial charge in [-0.05, 0) is 48.4 Å². The number of hydrogen-bond donors (Lipinski definition) is 1. The van der Waals surface area contributed by atoms with E-state index in [1.807, 2.05) is 0 Å². The van der Waals surface area contributed by atoms with Crippen LogP contribution in [0.25, 0.3) is 0 Å². The van der Waals surface area contributed by atoms with Crippen LogP contribution in [0.15, 0.2) is 23.1 Å². The van der Waals surface area contributed by atoms with Crippen molar-refractivity contribution in [2.45, 2.75) is 30.6 Å². The van der Waals surface area contributed by atoms with Crippen molar-refractivity contribution in [3.63, 3.8) is 0 Å².